The number of hydrogen-bond donors (Lipinski definition) is 0. The lowest BCUT2D eigenvalue weighted by Gasteiger charge is -2.10. The zero-order valence-electron chi connectivity index (χ0n) is 10.2. The van der Waals surface area contributed by atoms with E-state index in [1.54, 1.807) is 18.5 Å². The summed E-state index contributed by atoms with van der Waals surface area (Å²) in [7, 11) is 0. The van der Waals surface area contributed by atoms with Gasteiger partial charge in [-0.25, -0.2) is 4.98 Å². The largest absolute Gasteiger partial charge is 0.294 e. The molecule has 2 heterocycles. The van der Waals surface area contributed by atoms with Gasteiger partial charge >= 0.3 is 0 Å². The van der Waals surface area contributed by atoms with Crippen LogP contribution >= 0.6 is 27.5 Å². The molecule has 0 aliphatic heterocycles. The fraction of sp³-hybridized carbons (Fsp3) is 0.0714. The number of fused-ring (bicyclic) bond motifs is 1. The van der Waals surface area contributed by atoms with Crippen molar-refractivity contribution >= 4 is 38.6 Å². The number of halogens is 2. The smallest absolute Gasteiger partial charge is 0.129 e. The second-order valence-electron chi connectivity index (χ2n) is 4.13. The molecule has 3 aromatic rings. The van der Waals surface area contributed by atoms with E-state index in [1.807, 2.05) is 22.8 Å². The molecule has 0 saturated carbocycles. The fourth-order valence-electron chi connectivity index (χ4n) is 2.12. The first kappa shape index (κ1) is 13.1. The standard InChI is InChI=1S/C14H8BrClN4/c15-10-2-1-9(7-17)13(5-10)20-12-3-4-18-8-11(12)19-14(20)6-16/h1-5,8H,6H2. The summed E-state index contributed by atoms with van der Waals surface area (Å²) in [6, 6.07) is 9.55. The lowest BCUT2D eigenvalue weighted by Crippen LogP contribution is -2.02. The highest BCUT2D eigenvalue weighted by atomic mass is 79.9. The Hall–Kier alpha value is -1.90. The maximum Gasteiger partial charge on any atom is 0.129 e. The van der Waals surface area contributed by atoms with Crippen LogP contribution in [0.25, 0.3) is 16.7 Å². The molecule has 0 spiro atoms. The molecule has 0 unspecified atom stereocenters. The summed E-state index contributed by atoms with van der Waals surface area (Å²) < 4.78 is 2.79. The van der Waals surface area contributed by atoms with Crippen molar-refractivity contribution in [2.45, 2.75) is 5.88 Å². The number of pyridine rings is 1. The number of rotatable bonds is 2. The van der Waals surface area contributed by atoms with Crippen molar-refractivity contribution < 1.29 is 0 Å². The van der Waals surface area contributed by atoms with Crippen molar-refractivity contribution in [1.29, 1.82) is 5.26 Å². The summed E-state index contributed by atoms with van der Waals surface area (Å²) in [4.78, 5) is 8.52. The molecule has 0 atom stereocenters. The van der Waals surface area contributed by atoms with Crippen LogP contribution < -0.4 is 0 Å². The van der Waals surface area contributed by atoms with Gasteiger partial charge in [0.15, 0.2) is 0 Å². The number of nitriles is 1. The predicted octanol–water partition coefficient (Wildman–Crippen LogP) is 3.79. The van der Waals surface area contributed by atoms with Crippen molar-refractivity contribution in [3.8, 4) is 11.8 Å². The average molecular weight is 348 g/mol. The first-order valence-corrected chi connectivity index (χ1v) is 7.14. The third kappa shape index (κ3) is 2.07. The summed E-state index contributed by atoms with van der Waals surface area (Å²) >= 11 is 9.42. The van der Waals surface area contributed by atoms with Crippen LogP contribution in [0.4, 0.5) is 0 Å². The van der Waals surface area contributed by atoms with Crippen LogP contribution in [0.3, 0.4) is 0 Å². The quantitative estimate of drug-likeness (QED) is 0.663. The Morgan fingerprint density at radius 3 is 2.95 bits per heavy atom. The molecule has 20 heavy (non-hydrogen) atoms. The highest BCUT2D eigenvalue weighted by molar-refractivity contribution is 9.10. The molecule has 0 radical (unpaired) electrons. The number of aromatic nitrogens is 3. The molecule has 0 aliphatic rings. The van der Waals surface area contributed by atoms with E-state index in [-0.39, 0.29) is 5.88 Å². The Labute approximate surface area is 128 Å². The van der Waals surface area contributed by atoms with Crippen molar-refractivity contribution in [1.82, 2.24) is 14.5 Å². The molecule has 0 bridgehead atoms. The van der Waals surface area contributed by atoms with E-state index in [0.717, 1.165) is 21.2 Å². The van der Waals surface area contributed by atoms with E-state index < -0.39 is 0 Å². The monoisotopic (exact) mass is 346 g/mol. The molecular weight excluding hydrogens is 340 g/mol. The molecule has 1 aromatic carbocycles. The molecule has 0 saturated heterocycles. The second kappa shape index (κ2) is 5.23. The third-order valence-electron chi connectivity index (χ3n) is 2.97. The molecule has 0 fully saturated rings. The molecule has 98 valence electrons. The minimum absolute atomic E-state index is 0.256. The number of alkyl halides is 1. The van der Waals surface area contributed by atoms with Gasteiger partial charge in [0.1, 0.15) is 17.4 Å². The van der Waals surface area contributed by atoms with E-state index in [1.165, 1.54) is 0 Å². The van der Waals surface area contributed by atoms with Gasteiger partial charge in [0.25, 0.3) is 0 Å². The van der Waals surface area contributed by atoms with Crippen LogP contribution in [-0.2, 0) is 5.88 Å². The highest BCUT2D eigenvalue weighted by Crippen LogP contribution is 2.26. The van der Waals surface area contributed by atoms with E-state index in [4.69, 9.17) is 11.6 Å². The van der Waals surface area contributed by atoms with E-state index in [9.17, 15) is 5.26 Å². The Kier molecular flexibility index (Phi) is 3.43. The molecular formula is C14H8BrClN4. The summed E-state index contributed by atoms with van der Waals surface area (Å²) in [5, 5.41) is 9.30. The first-order valence-electron chi connectivity index (χ1n) is 5.82. The summed E-state index contributed by atoms with van der Waals surface area (Å²) in [6.45, 7) is 0. The lowest BCUT2D eigenvalue weighted by molar-refractivity contribution is 0.977. The highest BCUT2D eigenvalue weighted by Gasteiger charge is 2.14. The average Bonchev–Trinajstić information content (AvgIpc) is 2.85. The van der Waals surface area contributed by atoms with Crippen molar-refractivity contribution in [2.24, 2.45) is 0 Å². The van der Waals surface area contributed by atoms with Gasteiger partial charge < -0.3 is 0 Å². The maximum atomic E-state index is 9.30. The summed E-state index contributed by atoms with van der Waals surface area (Å²) in [5.74, 6) is 0.941. The Morgan fingerprint density at radius 2 is 2.20 bits per heavy atom. The van der Waals surface area contributed by atoms with Gasteiger partial charge in [-0.05, 0) is 24.3 Å². The topological polar surface area (TPSA) is 54.5 Å². The fourth-order valence-corrected chi connectivity index (χ4v) is 2.65. The van der Waals surface area contributed by atoms with Gasteiger partial charge in [0.2, 0.25) is 0 Å². The molecule has 2 aromatic heterocycles. The van der Waals surface area contributed by atoms with Crippen LogP contribution in [0, 0.1) is 11.3 Å². The minimum atomic E-state index is 0.256. The maximum absolute atomic E-state index is 9.30. The Bertz CT molecular complexity index is 835. The van der Waals surface area contributed by atoms with Crippen LogP contribution in [0.5, 0.6) is 0 Å². The van der Waals surface area contributed by atoms with E-state index in [2.05, 4.69) is 32.0 Å². The van der Waals surface area contributed by atoms with Gasteiger partial charge in [-0.15, -0.1) is 11.6 Å². The van der Waals surface area contributed by atoms with Gasteiger partial charge in [-0.2, -0.15) is 5.26 Å². The normalized spacial score (nSPS) is 10.7. The molecule has 4 nitrogen and oxygen atoms in total. The van der Waals surface area contributed by atoms with Crippen LogP contribution in [-0.4, -0.2) is 14.5 Å². The summed E-state index contributed by atoms with van der Waals surface area (Å²) in [5.41, 5.74) is 2.96. The molecule has 0 N–H and O–H groups in total. The van der Waals surface area contributed by atoms with Crippen LogP contribution in [0.15, 0.2) is 41.1 Å². The third-order valence-corrected chi connectivity index (χ3v) is 3.70. The SMILES string of the molecule is N#Cc1ccc(Br)cc1-n1c(CCl)nc2cnccc21. The number of imidazole rings is 1. The minimum Gasteiger partial charge on any atom is -0.294 e. The van der Waals surface area contributed by atoms with Gasteiger partial charge in [-0.1, -0.05) is 15.9 Å². The second-order valence-corrected chi connectivity index (χ2v) is 5.32. The van der Waals surface area contributed by atoms with Gasteiger partial charge in [0, 0.05) is 10.7 Å². The van der Waals surface area contributed by atoms with Gasteiger partial charge in [-0.3, -0.25) is 9.55 Å². The number of nitrogens with zero attached hydrogens (tertiary/aromatic N) is 4. The van der Waals surface area contributed by atoms with Crippen molar-refractivity contribution in [3.05, 3.63) is 52.5 Å². The molecule has 0 amide bonds. The molecule has 3 rings (SSSR count). The molecule has 6 heteroatoms. The first-order chi connectivity index (χ1) is 9.74. The predicted molar refractivity (Wildman–Crippen MR) is 80.8 cm³/mol. The van der Waals surface area contributed by atoms with Crippen molar-refractivity contribution in [3.63, 3.8) is 0 Å². The Balaban J connectivity index is 2.40. The van der Waals surface area contributed by atoms with Crippen LogP contribution in [0.1, 0.15) is 11.4 Å². The number of benzene rings is 1. The van der Waals surface area contributed by atoms with E-state index >= 15 is 0 Å². The van der Waals surface area contributed by atoms with Crippen LogP contribution in [0.2, 0.25) is 0 Å². The Morgan fingerprint density at radius 1 is 1.35 bits per heavy atom. The zero-order chi connectivity index (χ0) is 14.1. The summed E-state index contributed by atoms with van der Waals surface area (Å²) in [6.07, 6.45) is 3.38. The number of hydrogen-bond acceptors (Lipinski definition) is 3. The van der Waals surface area contributed by atoms with E-state index in [0.29, 0.717) is 11.4 Å². The lowest BCUT2D eigenvalue weighted by atomic mass is 10.2. The van der Waals surface area contributed by atoms with Crippen molar-refractivity contribution in [2.75, 3.05) is 0 Å². The molecule has 0 aliphatic carbocycles. The van der Waals surface area contributed by atoms with Gasteiger partial charge in [0.05, 0.1) is 28.8 Å². The zero-order valence-corrected chi connectivity index (χ0v) is 12.6.